The number of benzene rings is 4. The van der Waals surface area contributed by atoms with Gasteiger partial charge in [0.2, 0.25) is 9.79 Å². The Bertz CT molecular complexity index is 5780. The number of hydrogen-bond donors (Lipinski definition) is 6. The minimum Gasteiger partial charge on any atom is -0.588 e. The summed E-state index contributed by atoms with van der Waals surface area (Å²) in [6, 6.07) is 20.5. The molecule has 9 heterocycles. The molecule has 0 amide bonds. The topological polar surface area (TPSA) is 316 Å². The van der Waals surface area contributed by atoms with Crippen LogP contribution >= 0.6 is 92.8 Å². The molecule has 4 fully saturated rings. The van der Waals surface area contributed by atoms with E-state index in [9.17, 15) is 52.6 Å². The fraction of sp³-hybridized carbons (Fsp3) is 0.511. The highest BCUT2D eigenvalue weighted by molar-refractivity contribution is 8.00. The predicted octanol–water partition coefficient (Wildman–Crippen LogP) is 23.4. The molecule has 43 heteroatoms. The third-order valence-corrected chi connectivity index (χ3v) is 35.1. The highest BCUT2D eigenvalue weighted by Gasteiger charge is 2.47. The smallest absolute Gasteiger partial charge is 0.352 e. The van der Waals surface area contributed by atoms with Gasteiger partial charge in [0.05, 0.1) is 65.6 Å². The SMILES string of the molecule is Cc1c(N[S+](=O)(O)c2c(Cl)cc(-c3ccnc(N4CCNCC4)c3)cc2Cl)c(CC(C)C)nn1C.Cc1c(N[S+](=O)(O)c2c(Cl)cc(-c3ccnc(N4CCNCC4)c3)cc2Cl)c(CC(C)C)nn1C.Cc1nn(C)c(C)c1N(C(F)F)[S+](=O)([O-])c1c(Cl)cc(CCCCC2CCCCC2)cc1Cl.Cc1nn(C)c(C)c1N(C(F)F)[S+](=O)([O-])c1c(Cl)cc(CCCCC2CCN(C)CC2)cc1Cl. The quantitative estimate of drug-likeness (QED) is 0.00987. The number of aromatic nitrogens is 10. The van der Waals surface area contributed by atoms with E-state index in [0.29, 0.717) is 54.6 Å². The van der Waals surface area contributed by atoms with Crippen LogP contribution in [-0.2, 0) is 112 Å². The van der Waals surface area contributed by atoms with E-state index in [2.05, 4.69) is 99.9 Å². The van der Waals surface area contributed by atoms with E-state index in [1.165, 1.54) is 113 Å². The van der Waals surface area contributed by atoms with Crippen molar-refractivity contribution in [2.24, 2.45) is 51.9 Å². The van der Waals surface area contributed by atoms with Crippen LogP contribution in [0, 0.1) is 65.2 Å². The summed E-state index contributed by atoms with van der Waals surface area (Å²) in [5.41, 5.74) is 9.40. The number of piperidine rings is 1. The second kappa shape index (κ2) is 48.5. The van der Waals surface area contributed by atoms with Gasteiger partial charge in [0.25, 0.3) is 9.79 Å². The van der Waals surface area contributed by atoms with Crippen molar-refractivity contribution < 1.29 is 52.6 Å². The zero-order chi connectivity index (χ0) is 100. The maximum atomic E-state index is 14.1. The van der Waals surface area contributed by atoms with E-state index < -0.39 is 64.5 Å². The predicted molar refractivity (Wildman–Crippen MR) is 549 cm³/mol. The van der Waals surface area contributed by atoms with Gasteiger partial charge in [0.1, 0.15) is 54.5 Å². The Morgan fingerprint density at radius 3 is 1.07 bits per heavy atom. The molecule has 750 valence electrons. The fourth-order valence-electron chi connectivity index (χ4n) is 17.7. The molecule has 6 N–H and O–H groups in total. The van der Waals surface area contributed by atoms with Crippen molar-refractivity contribution in [2.75, 3.05) is 100 Å². The minimum absolute atomic E-state index is 0.0419. The van der Waals surface area contributed by atoms with Crippen LogP contribution in [0.1, 0.15) is 168 Å². The van der Waals surface area contributed by atoms with Crippen molar-refractivity contribution in [1.29, 1.82) is 0 Å². The summed E-state index contributed by atoms with van der Waals surface area (Å²) in [4.78, 5) is 14.7. The average Bonchev–Trinajstić information content (AvgIpc) is 1.69. The molecule has 0 radical (unpaired) electrons. The summed E-state index contributed by atoms with van der Waals surface area (Å²) in [6.07, 6.45) is 21.6. The van der Waals surface area contributed by atoms with Crippen molar-refractivity contribution >= 4 is 169 Å². The first-order valence-electron chi connectivity index (χ1n) is 45.9. The zero-order valence-corrected chi connectivity index (χ0v) is 89.2. The van der Waals surface area contributed by atoms with Crippen LogP contribution in [0.3, 0.4) is 0 Å². The molecular weight excluding hydrogens is 2010 g/mol. The lowest BCUT2D eigenvalue weighted by molar-refractivity contribution is 0.158. The number of nitrogens with zero attached hydrogens (tertiary/aromatic N) is 15. The van der Waals surface area contributed by atoms with Crippen molar-refractivity contribution in [3.63, 3.8) is 0 Å². The van der Waals surface area contributed by atoms with Crippen molar-refractivity contribution in [3.8, 4) is 22.3 Å². The Balaban J connectivity index is 0.000000175. The molecule has 3 saturated heterocycles. The summed E-state index contributed by atoms with van der Waals surface area (Å²) < 4.78 is 171. The number of anilines is 6. The monoisotopic (exact) mass is 2130 g/mol. The second-order valence-corrected chi connectivity index (χ2v) is 46.4. The van der Waals surface area contributed by atoms with Gasteiger partial charge in [-0.25, -0.2) is 9.97 Å². The molecule has 1 aliphatic carbocycles. The molecular formula is C94H125Cl8F4N19O8S4+2. The van der Waals surface area contributed by atoms with Crippen LogP contribution in [0.25, 0.3) is 22.3 Å². The van der Waals surface area contributed by atoms with Gasteiger partial charge < -0.3 is 34.4 Å². The number of sulfonamides is 2. The number of nitrogens with one attached hydrogen (secondary N) is 4. The molecule has 6 aromatic heterocycles. The average molecular weight is 2140 g/mol. The van der Waals surface area contributed by atoms with Crippen LogP contribution in [0.2, 0.25) is 40.2 Å². The lowest BCUT2D eigenvalue weighted by Crippen LogP contribution is -2.43. The van der Waals surface area contributed by atoms with Gasteiger partial charge >= 0.3 is 33.9 Å². The maximum Gasteiger partial charge on any atom is 0.352 e. The normalized spacial score (nSPS) is 16.5. The van der Waals surface area contributed by atoms with Gasteiger partial charge in [0, 0.05) is 92.9 Å². The molecule has 4 aromatic carbocycles. The van der Waals surface area contributed by atoms with Gasteiger partial charge in [-0.1, -0.05) is 187 Å². The number of alkyl halides is 4. The minimum atomic E-state index is -4.75. The van der Waals surface area contributed by atoms with Gasteiger partial charge in [-0.05, 0) is 251 Å². The molecule has 4 aliphatic rings. The molecule has 10 aromatic rings. The van der Waals surface area contributed by atoms with E-state index in [0.717, 1.165) is 177 Å². The number of likely N-dealkylation sites (tertiary alicyclic amines) is 1. The highest BCUT2D eigenvalue weighted by Crippen LogP contribution is 2.47. The van der Waals surface area contributed by atoms with Crippen LogP contribution in [0.4, 0.5) is 51.9 Å². The van der Waals surface area contributed by atoms with Crippen LogP contribution in [0.5, 0.6) is 0 Å². The van der Waals surface area contributed by atoms with Gasteiger partial charge in [-0.2, -0.15) is 56.5 Å². The maximum absolute atomic E-state index is 14.1. The van der Waals surface area contributed by atoms with E-state index >= 15 is 0 Å². The number of piperazine rings is 2. The van der Waals surface area contributed by atoms with Gasteiger partial charge in [-0.15, -0.1) is 8.61 Å². The molecule has 3 aliphatic heterocycles. The lowest BCUT2D eigenvalue weighted by atomic mass is 9.85. The van der Waals surface area contributed by atoms with Crippen LogP contribution in [-0.4, -0.2) is 158 Å². The first kappa shape index (κ1) is 111. The molecule has 27 nitrogen and oxygen atoms in total. The van der Waals surface area contributed by atoms with Crippen molar-refractivity contribution in [3.05, 3.63) is 182 Å². The number of pyridine rings is 2. The van der Waals surface area contributed by atoms with Gasteiger partial charge in [0.15, 0.2) is 20.8 Å². The third kappa shape index (κ3) is 27.6. The number of aryl methyl sites for hydroxylation is 8. The molecule has 4 unspecified atom stereocenters. The number of hydrogen-bond acceptors (Lipinski definition) is 17. The summed E-state index contributed by atoms with van der Waals surface area (Å²) in [5, 5.41) is 23.6. The van der Waals surface area contributed by atoms with E-state index in [4.69, 9.17) is 92.8 Å². The highest BCUT2D eigenvalue weighted by atomic mass is 35.5. The third-order valence-electron chi connectivity index (χ3n) is 25.2. The fourth-order valence-corrected chi connectivity index (χ4v) is 27.8. The molecule has 0 spiro atoms. The molecule has 1 saturated carbocycles. The molecule has 137 heavy (non-hydrogen) atoms. The van der Waals surface area contributed by atoms with Gasteiger partial charge in [-0.3, -0.25) is 18.7 Å². The number of halogens is 12. The Labute approximate surface area is 846 Å². The molecule has 4 atom stereocenters. The number of unbranched alkanes of at least 4 members (excludes halogenated alkanes) is 2. The Kier molecular flexibility index (Phi) is 39.1. The van der Waals surface area contributed by atoms with E-state index in [1.807, 2.05) is 52.2 Å². The Hall–Kier alpha value is -6.82. The largest absolute Gasteiger partial charge is 0.588 e. The summed E-state index contributed by atoms with van der Waals surface area (Å²) in [6.45, 7) is 20.7. The van der Waals surface area contributed by atoms with E-state index in [-0.39, 0.29) is 87.0 Å². The molecule has 14 rings (SSSR count). The first-order chi connectivity index (χ1) is 64.6. The standard InChI is InChI=1S/2C24H30Cl2N6O2S.C23H32Cl2F2N4O2S.C23H31Cl2F2N3O2S/c2*1-15(2)11-21-23(16(3)31(4)29-21)30-35(33,34)24-19(25)12-18(13-20(24)26)17-5-6-28-22(14-17)32-9-7-27-8-10-32;1-15-21(16(2)30(4)28-15)31(23(26)27)34(32,33)22-19(24)13-18(14-20(22)25)8-6-5-7-17-9-11-29(3)12-10-17;1-15-21(16(2)29(3)28-15)30(23(26)27)33(31,32)22-19(24)13-18(14-20(22)25)12-8-7-11-17-9-5-4-6-10-17/h2*5-6,12-15,27H,7-11H2,1-4H3,(H-,30,33,34);13-14,17,23H,5-12H2,1-4H3;13-14,17,23H,4-12H2,1-3H3/p+2. The van der Waals surface area contributed by atoms with Crippen molar-refractivity contribution in [1.82, 2.24) is 64.6 Å². The summed E-state index contributed by atoms with van der Waals surface area (Å²) >= 11 is 51.6. The Morgan fingerprint density at radius 1 is 0.438 bits per heavy atom. The van der Waals surface area contributed by atoms with E-state index in [1.54, 1.807) is 60.1 Å². The number of rotatable bonds is 32. The van der Waals surface area contributed by atoms with Crippen LogP contribution in [0.15, 0.2) is 105 Å². The molecule has 0 bridgehead atoms. The first-order valence-corrected chi connectivity index (χ1v) is 54.8. The lowest BCUT2D eigenvalue weighted by Gasteiger charge is -2.29. The zero-order valence-electron chi connectivity index (χ0n) is 79.9. The summed E-state index contributed by atoms with van der Waals surface area (Å²) in [5.74, 6) is 3.96. The van der Waals surface area contributed by atoms with Crippen molar-refractivity contribution in [2.45, 2.75) is 211 Å². The van der Waals surface area contributed by atoms with Crippen LogP contribution < -0.4 is 38.5 Å². The second-order valence-electron chi connectivity index (χ2n) is 36.3. The Morgan fingerprint density at radius 2 is 0.759 bits per heavy atom. The summed E-state index contributed by atoms with van der Waals surface area (Å²) in [7, 11) is -8.22.